The molecule has 0 spiro atoms. The maximum absolute atomic E-state index is 11.7. The summed E-state index contributed by atoms with van der Waals surface area (Å²) in [5.41, 5.74) is 1.18. The van der Waals surface area contributed by atoms with Crippen molar-refractivity contribution in [1.29, 1.82) is 0 Å². The van der Waals surface area contributed by atoms with Gasteiger partial charge in [-0.25, -0.2) is 4.98 Å². The van der Waals surface area contributed by atoms with E-state index in [-0.39, 0.29) is 0 Å². The van der Waals surface area contributed by atoms with Crippen molar-refractivity contribution in [2.24, 2.45) is 0 Å². The van der Waals surface area contributed by atoms with Crippen molar-refractivity contribution in [3.05, 3.63) is 17.8 Å². The SMILES string of the molecule is O=C1CCCN1CCCN1CCC[C@@H]1c1nc(C2CCCCC2)co1. The first kappa shape index (κ1) is 17.1. The van der Waals surface area contributed by atoms with Crippen LogP contribution in [0.2, 0.25) is 0 Å². The van der Waals surface area contributed by atoms with E-state index in [0.29, 0.717) is 17.9 Å². The van der Waals surface area contributed by atoms with Gasteiger partial charge in [0.25, 0.3) is 0 Å². The van der Waals surface area contributed by atoms with Crippen molar-refractivity contribution in [1.82, 2.24) is 14.8 Å². The Hall–Kier alpha value is -1.36. The van der Waals surface area contributed by atoms with Gasteiger partial charge in [0.05, 0.1) is 11.7 Å². The first-order chi connectivity index (χ1) is 12.3. The molecule has 1 aromatic rings. The van der Waals surface area contributed by atoms with E-state index in [4.69, 9.17) is 9.40 Å². The molecule has 1 aromatic heterocycles. The summed E-state index contributed by atoms with van der Waals surface area (Å²) >= 11 is 0. The number of hydrogen-bond donors (Lipinski definition) is 0. The van der Waals surface area contributed by atoms with Gasteiger partial charge in [-0.2, -0.15) is 0 Å². The molecule has 1 aliphatic carbocycles. The lowest BCUT2D eigenvalue weighted by Gasteiger charge is -2.23. The number of aromatic nitrogens is 1. The van der Waals surface area contributed by atoms with Crippen molar-refractivity contribution in [3.8, 4) is 0 Å². The maximum atomic E-state index is 11.7. The first-order valence-corrected chi connectivity index (χ1v) is 10.3. The zero-order valence-electron chi connectivity index (χ0n) is 15.3. The van der Waals surface area contributed by atoms with Crippen LogP contribution >= 0.6 is 0 Å². The predicted molar refractivity (Wildman–Crippen MR) is 96.3 cm³/mol. The minimum Gasteiger partial charge on any atom is -0.447 e. The average molecular weight is 345 g/mol. The molecule has 4 rings (SSSR count). The molecule has 3 heterocycles. The maximum Gasteiger partial charge on any atom is 0.222 e. The Kier molecular flexibility index (Phi) is 5.39. The molecule has 3 fully saturated rings. The van der Waals surface area contributed by atoms with Crippen molar-refractivity contribution in [2.75, 3.05) is 26.2 Å². The molecule has 3 aliphatic rings. The van der Waals surface area contributed by atoms with Gasteiger partial charge in [-0.05, 0) is 45.1 Å². The zero-order chi connectivity index (χ0) is 17.1. The number of amides is 1. The summed E-state index contributed by atoms with van der Waals surface area (Å²) in [4.78, 5) is 21.2. The van der Waals surface area contributed by atoms with E-state index >= 15 is 0 Å². The fourth-order valence-corrected chi connectivity index (χ4v) is 4.82. The number of carbonyl (C=O) groups excluding carboxylic acids is 1. The van der Waals surface area contributed by atoms with Crippen molar-refractivity contribution in [2.45, 2.75) is 76.2 Å². The lowest BCUT2D eigenvalue weighted by atomic mass is 9.87. The predicted octanol–water partition coefficient (Wildman–Crippen LogP) is 3.87. The third-order valence-electron chi connectivity index (χ3n) is 6.26. The number of likely N-dealkylation sites (tertiary alicyclic amines) is 2. The molecule has 25 heavy (non-hydrogen) atoms. The molecule has 1 saturated carbocycles. The van der Waals surface area contributed by atoms with Gasteiger partial charge < -0.3 is 9.32 Å². The largest absolute Gasteiger partial charge is 0.447 e. The summed E-state index contributed by atoms with van der Waals surface area (Å²) in [6, 6.07) is 0.339. The van der Waals surface area contributed by atoms with Crippen LogP contribution in [0.25, 0.3) is 0 Å². The second-order valence-corrected chi connectivity index (χ2v) is 7.98. The highest BCUT2D eigenvalue weighted by Gasteiger charge is 2.31. The minimum atomic E-state index is 0.336. The Morgan fingerprint density at radius 3 is 2.72 bits per heavy atom. The number of oxazole rings is 1. The smallest absolute Gasteiger partial charge is 0.222 e. The van der Waals surface area contributed by atoms with E-state index < -0.39 is 0 Å². The molecule has 0 radical (unpaired) electrons. The molecule has 0 N–H and O–H groups in total. The number of hydrogen-bond acceptors (Lipinski definition) is 4. The monoisotopic (exact) mass is 345 g/mol. The molecule has 2 aliphatic heterocycles. The van der Waals surface area contributed by atoms with Crippen molar-refractivity contribution in [3.63, 3.8) is 0 Å². The second-order valence-electron chi connectivity index (χ2n) is 7.98. The summed E-state index contributed by atoms with van der Waals surface area (Å²) in [5.74, 6) is 1.88. The normalized spacial score (nSPS) is 26.0. The van der Waals surface area contributed by atoms with Crippen LogP contribution in [0.5, 0.6) is 0 Å². The van der Waals surface area contributed by atoms with E-state index in [1.165, 1.54) is 44.2 Å². The Balaban J connectivity index is 1.31. The fraction of sp³-hybridized carbons (Fsp3) is 0.800. The topological polar surface area (TPSA) is 49.6 Å². The van der Waals surface area contributed by atoms with Gasteiger partial charge in [-0.1, -0.05) is 19.3 Å². The van der Waals surface area contributed by atoms with Crippen molar-refractivity contribution >= 4 is 5.91 Å². The third-order valence-corrected chi connectivity index (χ3v) is 6.26. The fourth-order valence-electron chi connectivity index (χ4n) is 4.82. The Labute approximate surface area is 150 Å². The molecule has 0 aromatic carbocycles. The van der Waals surface area contributed by atoms with E-state index in [1.54, 1.807) is 0 Å². The molecule has 0 bridgehead atoms. The van der Waals surface area contributed by atoms with Crippen LogP contribution in [-0.2, 0) is 4.79 Å². The lowest BCUT2D eigenvalue weighted by Crippen LogP contribution is -2.30. The lowest BCUT2D eigenvalue weighted by molar-refractivity contribution is -0.127. The van der Waals surface area contributed by atoms with E-state index in [0.717, 1.165) is 57.8 Å². The van der Waals surface area contributed by atoms with Crippen molar-refractivity contribution < 1.29 is 9.21 Å². The van der Waals surface area contributed by atoms with Crippen LogP contribution in [0.1, 0.15) is 87.8 Å². The van der Waals surface area contributed by atoms with Gasteiger partial charge in [0.2, 0.25) is 11.8 Å². The van der Waals surface area contributed by atoms with Gasteiger partial charge in [0.1, 0.15) is 6.26 Å². The van der Waals surface area contributed by atoms with Crippen LogP contribution in [0.15, 0.2) is 10.7 Å². The number of carbonyl (C=O) groups is 1. The van der Waals surface area contributed by atoms with E-state index in [1.807, 2.05) is 11.2 Å². The van der Waals surface area contributed by atoms with Crippen LogP contribution in [0, 0.1) is 0 Å². The third kappa shape index (κ3) is 3.91. The summed E-state index contributed by atoms with van der Waals surface area (Å²) in [6.07, 6.45) is 13.7. The standard InChI is InChI=1S/C20H31N3O2/c24-19-10-5-12-23(19)14-6-13-22-11-4-9-18(22)20-21-17(15-25-20)16-7-2-1-3-8-16/h15-16,18H,1-14H2/t18-/m1/s1. The highest BCUT2D eigenvalue weighted by atomic mass is 16.3. The van der Waals surface area contributed by atoms with Gasteiger partial charge >= 0.3 is 0 Å². The summed E-state index contributed by atoms with van der Waals surface area (Å²) < 4.78 is 5.91. The van der Waals surface area contributed by atoms with Gasteiger partial charge in [0, 0.05) is 32.0 Å². The van der Waals surface area contributed by atoms with Crippen LogP contribution < -0.4 is 0 Å². The molecule has 5 heteroatoms. The highest BCUT2D eigenvalue weighted by Crippen LogP contribution is 2.36. The van der Waals surface area contributed by atoms with Crippen LogP contribution in [0.3, 0.4) is 0 Å². The minimum absolute atomic E-state index is 0.336. The summed E-state index contributed by atoms with van der Waals surface area (Å²) in [7, 11) is 0. The van der Waals surface area contributed by atoms with E-state index in [9.17, 15) is 4.79 Å². The second kappa shape index (κ2) is 7.90. The molecular weight excluding hydrogens is 314 g/mol. The first-order valence-electron chi connectivity index (χ1n) is 10.3. The van der Waals surface area contributed by atoms with E-state index in [2.05, 4.69) is 4.90 Å². The Bertz CT molecular complexity index is 579. The highest BCUT2D eigenvalue weighted by molar-refractivity contribution is 5.77. The summed E-state index contributed by atoms with van der Waals surface area (Å²) in [6.45, 7) is 4.02. The summed E-state index contributed by atoms with van der Waals surface area (Å²) in [5, 5.41) is 0. The molecule has 0 unspecified atom stereocenters. The molecule has 1 atom stereocenters. The molecule has 2 saturated heterocycles. The van der Waals surface area contributed by atoms with Crippen LogP contribution in [0.4, 0.5) is 0 Å². The zero-order valence-corrected chi connectivity index (χ0v) is 15.3. The Morgan fingerprint density at radius 2 is 1.92 bits per heavy atom. The number of nitrogens with zero attached hydrogens (tertiary/aromatic N) is 3. The molecule has 1 amide bonds. The molecule has 5 nitrogen and oxygen atoms in total. The van der Waals surface area contributed by atoms with Gasteiger partial charge in [0.15, 0.2) is 0 Å². The number of rotatable bonds is 6. The quantitative estimate of drug-likeness (QED) is 0.785. The van der Waals surface area contributed by atoms with Gasteiger partial charge in [-0.3, -0.25) is 9.69 Å². The van der Waals surface area contributed by atoms with Crippen LogP contribution in [-0.4, -0.2) is 46.9 Å². The molecular formula is C20H31N3O2. The Morgan fingerprint density at radius 1 is 1.04 bits per heavy atom. The van der Waals surface area contributed by atoms with Gasteiger partial charge in [-0.15, -0.1) is 0 Å². The average Bonchev–Trinajstić information content (AvgIpc) is 3.37. The molecule has 138 valence electrons.